The van der Waals surface area contributed by atoms with Crippen LogP contribution in [0.3, 0.4) is 0 Å². The van der Waals surface area contributed by atoms with Gasteiger partial charge in [-0.1, -0.05) is 19.8 Å². The summed E-state index contributed by atoms with van der Waals surface area (Å²) in [5.74, 6) is 0. The second kappa shape index (κ2) is 9.98. The lowest BCUT2D eigenvalue weighted by Crippen LogP contribution is -2.38. The zero-order valence-electron chi connectivity index (χ0n) is 11.3. The lowest BCUT2D eigenvalue weighted by atomic mass is 10.3. The van der Waals surface area contributed by atoms with E-state index in [1.165, 1.54) is 28.4 Å². The average molecular weight is 251 g/mol. The van der Waals surface area contributed by atoms with E-state index in [0.29, 0.717) is 6.61 Å². The van der Waals surface area contributed by atoms with Crippen LogP contribution in [0.25, 0.3) is 0 Å². The minimum atomic E-state index is 0.177. The van der Waals surface area contributed by atoms with Gasteiger partial charge in [-0.2, -0.15) is 9.68 Å². The molecule has 0 aromatic rings. The summed E-state index contributed by atoms with van der Waals surface area (Å²) in [4.78, 5) is 20.9. The molecule has 0 heterocycles. The molecular weight excluding hydrogens is 228 g/mol. The van der Waals surface area contributed by atoms with Gasteiger partial charge in [0.25, 0.3) is 0 Å². The van der Waals surface area contributed by atoms with Crippen molar-refractivity contribution in [2.45, 2.75) is 26.2 Å². The molecule has 17 heavy (non-hydrogen) atoms. The molecule has 0 aromatic carbocycles. The lowest BCUT2D eigenvalue weighted by molar-refractivity contribution is -0.965. The van der Waals surface area contributed by atoms with Crippen LogP contribution in [0.4, 0.5) is 0 Å². The Bertz CT molecular complexity index is 213. The Morgan fingerprint density at radius 3 is 2.00 bits per heavy atom. The summed E-state index contributed by atoms with van der Waals surface area (Å²) in [7, 11) is 5.79. The van der Waals surface area contributed by atoms with Gasteiger partial charge in [0.05, 0.1) is 26.1 Å². The number of amidine groups is 1. The molecule has 0 aliphatic heterocycles. The summed E-state index contributed by atoms with van der Waals surface area (Å²) < 4.78 is 5.50. The third-order valence-electron chi connectivity index (χ3n) is 1.95. The molecule has 0 saturated heterocycles. The molecule has 0 aromatic heterocycles. The highest BCUT2D eigenvalue weighted by Gasteiger charge is 2.31. The van der Waals surface area contributed by atoms with Crippen molar-refractivity contribution in [3.63, 3.8) is 0 Å². The van der Waals surface area contributed by atoms with Gasteiger partial charge in [-0.25, -0.2) is 0 Å². The molecule has 7 nitrogen and oxygen atoms in total. The Balaban J connectivity index is 4.55. The molecular formula is C10H23N2O5+. The van der Waals surface area contributed by atoms with Crippen LogP contribution < -0.4 is 0 Å². The van der Waals surface area contributed by atoms with Gasteiger partial charge >= 0.3 is 6.02 Å². The van der Waals surface area contributed by atoms with Gasteiger partial charge in [-0.15, -0.1) is 0 Å². The van der Waals surface area contributed by atoms with Crippen molar-refractivity contribution < 1.29 is 29.0 Å². The molecule has 0 aliphatic rings. The molecule has 0 bridgehead atoms. The van der Waals surface area contributed by atoms with Gasteiger partial charge in [0, 0.05) is 0 Å². The molecule has 0 fully saturated rings. The zero-order valence-corrected chi connectivity index (χ0v) is 11.3. The first kappa shape index (κ1) is 15.8. The first-order valence-corrected chi connectivity index (χ1v) is 5.51. The average Bonchev–Trinajstić information content (AvgIpc) is 2.36. The summed E-state index contributed by atoms with van der Waals surface area (Å²) in [6, 6.07) is 0.177. The fraction of sp³-hybridized carbons (Fsp3) is 0.900. The van der Waals surface area contributed by atoms with Gasteiger partial charge in [0.1, 0.15) is 14.2 Å². The second-order valence-electron chi connectivity index (χ2n) is 3.08. The number of hydrogen-bond donors (Lipinski definition) is 0. The molecule has 0 radical (unpaired) electrons. The zero-order chi connectivity index (χ0) is 13.1. The van der Waals surface area contributed by atoms with Crippen LogP contribution in [0.5, 0.6) is 0 Å². The molecule has 0 spiro atoms. The molecule has 7 heteroatoms. The van der Waals surface area contributed by atoms with Crippen molar-refractivity contribution in [2.75, 3.05) is 35.0 Å². The van der Waals surface area contributed by atoms with Gasteiger partial charge in [-0.3, -0.25) is 0 Å². The number of unbranched alkanes of at least 4 members (excludes halogenated alkanes) is 2. The van der Waals surface area contributed by atoms with Crippen molar-refractivity contribution in [1.82, 2.24) is 5.23 Å². The normalized spacial score (nSPS) is 9.71. The van der Waals surface area contributed by atoms with E-state index in [9.17, 15) is 0 Å². The Labute approximate surface area is 102 Å². The van der Waals surface area contributed by atoms with Crippen LogP contribution >= 0.6 is 0 Å². The number of hydroxylamine groups is 2. The van der Waals surface area contributed by atoms with Crippen LogP contribution in [0.15, 0.2) is 0 Å². The second-order valence-corrected chi connectivity index (χ2v) is 3.08. The summed E-state index contributed by atoms with van der Waals surface area (Å²) in [5.41, 5.74) is 0. The first-order valence-electron chi connectivity index (χ1n) is 5.51. The third kappa shape index (κ3) is 5.60. The maximum absolute atomic E-state index is 5.50. The number of ether oxygens (including phenoxy) is 1. The Morgan fingerprint density at radius 1 is 1.00 bits per heavy atom. The van der Waals surface area contributed by atoms with Crippen molar-refractivity contribution >= 4 is 6.02 Å². The third-order valence-corrected chi connectivity index (χ3v) is 1.95. The molecule has 0 aliphatic carbocycles. The molecule has 0 atom stereocenters. The fourth-order valence-electron chi connectivity index (χ4n) is 1.15. The van der Waals surface area contributed by atoms with Crippen LogP contribution in [0, 0.1) is 0 Å². The van der Waals surface area contributed by atoms with Crippen LogP contribution in [0.2, 0.25) is 0 Å². The summed E-state index contributed by atoms with van der Waals surface area (Å²) in [6.45, 7) is 2.65. The van der Waals surface area contributed by atoms with Crippen molar-refractivity contribution in [3.05, 3.63) is 0 Å². The molecule has 0 rings (SSSR count). The molecule has 0 amide bonds. The highest BCUT2D eigenvalue weighted by Crippen LogP contribution is 2.00. The maximum atomic E-state index is 5.50. The number of hydrogen-bond acceptors (Lipinski definition) is 5. The molecule has 0 N–H and O–H groups in total. The predicted octanol–water partition coefficient (Wildman–Crippen LogP) is 1.11. The summed E-state index contributed by atoms with van der Waals surface area (Å²) in [5, 5.41) is 1.05. The van der Waals surface area contributed by atoms with Gasteiger partial charge in [0.15, 0.2) is 4.90 Å². The topological polar surface area (TPSA) is 52.4 Å². The van der Waals surface area contributed by atoms with E-state index in [4.69, 9.17) is 24.1 Å². The predicted molar refractivity (Wildman–Crippen MR) is 60.6 cm³/mol. The van der Waals surface area contributed by atoms with Crippen LogP contribution in [-0.4, -0.2) is 51.2 Å². The standard InChI is InChI=1S/C10H23N2O5/c1-6-7-8-9-17-10(11(13-2)14-3)12(15-4)16-5/h6-9H2,1-5H3/q+1. The number of rotatable bonds is 8. The van der Waals surface area contributed by atoms with Crippen molar-refractivity contribution in [2.24, 2.45) is 0 Å². The smallest absolute Gasteiger partial charge is 0.422 e. The van der Waals surface area contributed by atoms with E-state index in [2.05, 4.69) is 6.92 Å². The quantitative estimate of drug-likeness (QED) is 0.279. The Kier molecular flexibility index (Phi) is 9.27. The summed E-state index contributed by atoms with van der Waals surface area (Å²) >= 11 is 0. The Morgan fingerprint density at radius 2 is 1.59 bits per heavy atom. The van der Waals surface area contributed by atoms with Crippen LogP contribution in [0.1, 0.15) is 26.2 Å². The largest absolute Gasteiger partial charge is 0.593 e. The van der Waals surface area contributed by atoms with Crippen molar-refractivity contribution in [3.8, 4) is 0 Å². The van der Waals surface area contributed by atoms with E-state index < -0.39 is 0 Å². The SMILES string of the molecule is CCCCCOC(N(OC)OC)=[N+](OC)OC. The lowest BCUT2D eigenvalue weighted by Gasteiger charge is -2.12. The van der Waals surface area contributed by atoms with Gasteiger partial charge < -0.3 is 14.4 Å². The monoisotopic (exact) mass is 251 g/mol. The highest BCUT2D eigenvalue weighted by molar-refractivity contribution is 5.65. The summed E-state index contributed by atoms with van der Waals surface area (Å²) in [6.07, 6.45) is 3.14. The Hall–Kier alpha value is -1.21. The van der Waals surface area contributed by atoms with Gasteiger partial charge in [-0.05, 0) is 6.42 Å². The van der Waals surface area contributed by atoms with Gasteiger partial charge in [0.2, 0.25) is 0 Å². The van der Waals surface area contributed by atoms with E-state index in [1.807, 2.05) is 0 Å². The number of nitrogens with zero attached hydrogens (tertiary/aromatic N) is 2. The highest BCUT2D eigenvalue weighted by atomic mass is 17.0. The van der Waals surface area contributed by atoms with E-state index in [1.54, 1.807) is 0 Å². The molecule has 0 saturated carbocycles. The first-order chi connectivity index (χ1) is 8.24. The fourth-order valence-corrected chi connectivity index (χ4v) is 1.15. The molecule has 102 valence electrons. The van der Waals surface area contributed by atoms with E-state index in [0.717, 1.165) is 29.4 Å². The maximum Gasteiger partial charge on any atom is 0.593 e. The van der Waals surface area contributed by atoms with E-state index in [-0.39, 0.29) is 6.02 Å². The van der Waals surface area contributed by atoms with Crippen molar-refractivity contribution in [1.29, 1.82) is 0 Å². The minimum absolute atomic E-state index is 0.177. The van der Waals surface area contributed by atoms with E-state index >= 15 is 0 Å². The molecule has 0 unspecified atom stereocenters. The minimum Gasteiger partial charge on any atom is -0.422 e. The van der Waals surface area contributed by atoms with Crippen LogP contribution in [-0.2, 0) is 24.1 Å².